The number of para-hydroxylation sites is 1. The van der Waals surface area contributed by atoms with Gasteiger partial charge < -0.3 is 14.5 Å². The molecule has 4 aromatic rings. The van der Waals surface area contributed by atoms with Crippen molar-refractivity contribution >= 4 is 16.9 Å². The van der Waals surface area contributed by atoms with Crippen molar-refractivity contribution in [2.75, 3.05) is 26.2 Å². The summed E-state index contributed by atoms with van der Waals surface area (Å²) in [6.45, 7) is 3.44. The highest BCUT2D eigenvalue weighted by Crippen LogP contribution is 2.20. The number of ether oxygens (including phenoxy) is 1. The maximum atomic E-state index is 12.6. The third-order valence-electron chi connectivity index (χ3n) is 6.42. The van der Waals surface area contributed by atoms with E-state index >= 15 is 0 Å². The number of furan rings is 1. The first-order chi connectivity index (χ1) is 16.7. The Labute approximate surface area is 200 Å². The summed E-state index contributed by atoms with van der Waals surface area (Å²) in [6.07, 6.45) is 2.79. The molecular formula is C29H30N2O3. The second kappa shape index (κ2) is 10.6. The van der Waals surface area contributed by atoms with Crippen molar-refractivity contribution in [3.63, 3.8) is 0 Å². The molecule has 0 bridgehead atoms. The second-order valence-electron chi connectivity index (χ2n) is 8.89. The lowest BCUT2D eigenvalue weighted by Crippen LogP contribution is -2.45. The number of benzene rings is 3. The average Bonchev–Trinajstić information content (AvgIpc) is 3.32. The molecule has 1 aliphatic rings. The summed E-state index contributed by atoms with van der Waals surface area (Å²) in [7, 11) is 0. The van der Waals surface area contributed by atoms with Gasteiger partial charge in [0, 0.05) is 31.1 Å². The molecule has 2 heterocycles. The minimum Gasteiger partial charge on any atom is -0.492 e. The lowest BCUT2D eigenvalue weighted by Gasteiger charge is -2.32. The van der Waals surface area contributed by atoms with Gasteiger partial charge in [-0.3, -0.25) is 9.69 Å². The summed E-state index contributed by atoms with van der Waals surface area (Å²) < 4.78 is 11.7. The van der Waals surface area contributed by atoms with E-state index in [1.165, 1.54) is 11.1 Å². The molecule has 0 aliphatic carbocycles. The molecule has 174 valence electrons. The van der Waals surface area contributed by atoms with Crippen LogP contribution in [0.1, 0.15) is 34.5 Å². The molecule has 34 heavy (non-hydrogen) atoms. The van der Waals surface area contributed by atoms with Crippen LogP contribution in [0.5, 0.6) is 5.75 Å². The van der Waals surface area contributed by atoms with Gasteiger partial charge in [-0.1, -0.05) is 60.7 Å². The number of rotatable bonds is 8. The molecule has 0 saturated carbocycles. The van der Waals surface area contributed by atoms with Crippen LogP contribution >= 0.6 is 0 Å². The van der Waals surface area contributed by atoms with E-state index in [0.29, 0.717) is 12.4 Å². The number of nitrogens with one attached hydrogen (secondary N) is 1. The van der Waals surface area contributed by atoms with E-state index in [-0.39, 0.29) is 11.9 Å². The lowest BCUT2D eigenvalue weighted by molar-refractivity contribution is 0.0880. The summed E-state index contributed by atoms with van der Waals surface area (Å²) in [5, 5.41) is 4.08. The van der Waals surface area contributed by atoms with Gasteiger partial charge in [0.15, 0.2) is 5.76 Å². The number of hydrogen-bond acceptors (Lipinski definition) is 4. The van der Waals surface area contributed by atoms with Crippen LogP contribution < -0.4 is 10.1 Å². The summed E-state index contributed by atoms with van der Waals surface area (Å²) in [6, 6.07) is 28.6. The highest BCUT2D eigenvalue weighted by atomic mass is 16.5. The Bertz CT molecular complexity index is 1180. The van der Waals surface area contributed by atoms with Crippen molar-refractivity contribution < 1.29 is 13.9 Å². The van der Waals surface area contributed by atoms with Crippen LogP contribution in [0.2, 0.25) is 0 Å². The number of piperidine rings is 1. The number of amides is 1. The number of hydrogen-bond donors (Lipinski definition) is 1. The predicted octanol–water partition coefficient (Wildman–Crippen LogP) is 5.30. The highest BCUT2D eigenvalue weighted by Gasteiger charge is 2.22. The van der Waals surface area contributed by atoms with Gasteiger partial charge in [-0.25, -0.2) is 0 Å². The summed E-state index contributed by atoms with van der Waals surface area (Å²) >= 11 is 0. The highest BCUT2D eigenvalue weighted by molar-refractivity contribution is 5.96. The molecular weight excluding hydrogens is 424 g/mol. The fourth-order valence-electron chi connectivity index (χ4n) is 4.48. The molecule has 0 spiro atoms. The molecule has 3 aromatic carbocycles. The number of carbonyl (C=O) groups is 1. The smallest absolute Gasteiger partial charge is 0.287 e. The molecule has 5 rings (SSSR count). The molecule has 1 N–H and O–H groups in total. The number of carbonyl (C=O) groups excluding carboxylic acids is 1. The van der Waals surface area contributed by atoms with Gasteiger partial charge in [0.1, 0.15) is 17.9 Å². The Hall–Kier alpha value is -3.57. The first kappa shape index (κ1) is 22.2. The van der Waals surface area contributed by atoms with Crippen LogP contribution in [0.3, 0.4) is 0 Å². The topological polar surface area (TPSA) is 54.7 Å². The van der Waals surface area contributed by atoms with E-state index in [0.717, 1.165) is 55.6 Å². The van der Waals surface area contributed by atoms with E-state index in [1.54, 1.807) is 0 Å². The predicted molar refractivity (Wildman–Crippen MR) is 134 cm³/mol. The monoisotopic (exact) mass is 454 g/mol. The Morgan fingerprint density at radius 2 is 1.62 bits per heavy atom. The van der Waals surface area contributed by atoms with E-state index in [1.807, 2.05) is 36.4 Å². The molecule has 1 amide bonds. The second-order valence-corrected chi connectivity index (χ2v) is 8.89. The zero-order chi connectivity index (χ0) is 23.2. The Balaban J connectivity index is 1.02. The number of likely N-dealkylation sites (tertiary alicyclic amines) is 1. The van der Waals surface area contributed by atoms with Crippen LogP contribution in [-0.4, -0.2) is 43.1 Å². The van der Waals surface area contributed by atoms with Crippen LogP contribution in [-0.2, 0) is 6.42 Å². The summed E-state index contributed by atoms with van der Waals surface area (Å²) in [5.41, 5.74) is 3.34. The Morgan fingerprint density at radius 3 is 2.38 bits per heavy atom. The standard InChI is InChI=1S/C29H30N2O3/c32-29(28-21-24-8-4-5-9-27(24)34-28)30-25-14-16-31(17-15-25)18-19-33-26-12-10-23(11-13-26)20-22-6-2-1-3-7-22/h1-13,21,25H,14-20H2,(H,30,32). The van der Waals surface area contributed by atoms with Crippen LogP contribution in [0.25, 0.3) is 11.0 Å². The lowest BCUT2D eigenvalue weighted by atomic mass is 10.0. The molecule has 1 fully saturated rings. The van der Waals surface area contributed by atoms with Crippen molar-refractivity contribution in [1.29, 1.82) is 0 Å². The zero-order valence-corrected chi connectivity index (χ0v) is 19.3. The van der Waals surface area contributed by atoms with E-state index in [9.17, 15) is 4.79 Å². The molecule has 1 saturated heterocycles. The molecule has 0 unspecified atom stereocenters. The Morgan fingerprint density at radius 1 is 0.912 bits per heavy atom. The molecule has 0 radical (unpaired) electrons. The first-order valence-electron chi connectivity index (χ1n) is 12.0. The minimum absolute atomic E-state index is 0.131. The van der Waals surface area contributed by atoms with Crippen LogP contribution in [0.15, 0.2) is 89.3 Å². The molecule has 1 aliphatic heterocycles. The van der Waals surface area contributed by atoms with Crippen molar-refractivity contribution in [3.8, 4) is 5.75 Å². The minimum atomic E-state index is -0.131. The third kappa shape index (κ3) is 5.67. The molecule has 5 nitrogen and oxygen atoms in total. The van der Waals surface area contributed by atoms with Gasteiger partial charge in [-0.2, -0.15) is 0 Å². The zero-order valence-electron chi connectivity index (χ0n) is 19.3. The van der Waals surface area contributed by atoms with E-state index in [2.05, 4.69) is 58.7 Å². The third-order valence-corrected chi connectivity index (χ3v) is 6.42. The van der Waals surface area contributed by atoms with Crippen molar-refractivity contribution in [1.82, 2.24) is 10.2 Å². The summed E-state index contributed by atoms with van der Waals surface area (Å²) in [4.78, 5) is 15.0. The first-order valence-corrected chi connectivity index (χ1v) is 12.0. The normalized spacial score (nSPS) is 14.8. The number of nitrogens with zero attached hydrogens (tertiary/aromatic N) is 1. The molecule has 1 aromatic heterocycles. The van der Waals surface area contributed by atoms with Gasteiger partial charge in [0.2, 0.25) is 0 Å². The molecule has 5 heteroatoms. The van der Waals surface area contributed by atoms with Crippen LogP contribution in [0, 0.1) is 0 Å². The van der Waals surface area contributed by atoms with Crippen molar-refractivity contribution in [3.05, 3.63) is 102 Å². The van der Waals surface area contributed by atoms with Crippen LogP contribution in [0.4, 0.5) is 0 Å². The quantitative estimate of drug-likeness (QED) is 0.393. The van der Waals surface area contributed by atoms with Crippen molar-refractivity contribution in [2.45, 2.75) is 25.3 Å². The van der Waals surface area contributed by atoms with Gasteiger partial charge in [-0.15, -0.1) is 0 Å². The average molecular weight is 455 g/mol. The maximum Gasteiger partial charge on any atom is 0.287 e. The SMILES string of the molecule is O=C(NC1CCN(CCOc2ccc(Cc3ccccc3)cc2)CC1)c1cc2ccccc2o1. The van der Waals surface area contributed by atoms with E-state index < -0.39 is 0 Å². The van der Waals surface area contributed by atoms with Gasteiger partial charge in [-0.05, 0) is 54.7 Å². The fraction of sp³-hybridized carbons (Fsp3) is 0.276. The van der Waals surface area contributed by atoms with Crippen molar-refractivity contribution in [2.24, 2.45) is 0 Å². The van der Waals surface area contributed by atoms with Gasteiger partial charge in [0.05, 0.1) is 0 Å². The molecule has 0 atom stereocenters. The Kier molecular flexibility index (Phi) is 6.91. The number of fused-ring (bicyclic) bond motifs is 1. The van der Waals surface area contributed by atoms with Gasteiger partial charge >= 0.3 is 0 Å². The fourth-order valence-corrected chi connectivity index (χ4v) is 4.48. The largest absolute Gasteiger partial charge is 0.492 e. The maximum absolute atomic E-state index is 12.6. The van der Waals surface area contributed by atoms with Gasteiger partial charge in [0.25, 0.3) is 5.91 Å². The van der Waals surface area contributed by atoms with E-state index in [4.69, 9.17) is 9.15 Å². The summed E-state index contributed by atoms with van der Waals surface area (Å²) in [5.74, 6) is 1.16.